The first-order valence-corrected chi connectivity index (χ1v) is 10.9. The number of fused-ring (bicyclic) bond motifs is 1. The molecule has 0 saturated carbocycles. The fraction of sp³-hybridized carbons (Fsp3) is 0.364. The minimum atomic E-state index is 0.0715. The zero-order valence-electron chi connectivity index (χ0n) is 16.2. The molecule has 1 amide bonds. The second-order valence-electron chi connectivity index (χ2n) is 7.25. The van der Waals surface area contributed by atoms with Gasteiger partial charge < -0.3 is 15.2 Å². The highest BCUT2D eigenvalue weighted by Gasteiger charge is 2.13. The van der Waals surface area contributed by atoms with Crippen molar-refractivity contribution in [1.82, 2.24) is 9.97 Å². The summed E-state index contributed by atoms with van der Waals surface area (Å²) in [6, 6.07) is 14.3. The van der Waals surface area contributed by atoms with E-state index >= 15 is 0 Å². The molecule has 0 atom stereocenters. The third-order valence-corrected chi connectivity index (χ3v) is 6.07. The Morgan fingerprint density at radius 1 is 1.21 bits per heavy atom. The first-order valence-electron chi connectivity index (χ1n) is 9.92. The van der Waals surface area contributed by atoms with Gasteiger partial charge in [0.15, 0.2) is 5.16 Å². The number of carbonyl (C=O) groups is 1. The van der Waals surface area contributed by atoms with E-state index in [0.29, 0.717) is 6.42 Å². The molecule has 0 unspecified atom stereocenters. The number of rotatable bonds is 7. The standard InChI is InChI=1S/C22H26N4OS/c1-16-15-17(26-12-4-5-13-26)10-11-18(16)23-21(27)9-6-14-28-22-24-19-7-2-3-8-20(19)25-22/h2-3,7-8,10-11,15H,4-6,9,12-14H2,1H3,(H,23,27)(H,24,25). The predicted octanol–water partition coefficient (Wildman–Crippen LogP) is 4.98. The molecule has 1 aliphatic rings. The molecule has 6 heteroatoms. The van der Waals surface area contributed by atoms with Crippen LogP contribution in [-0.4, -0.2) is 34.7 Å². The number of amides is 1. The smallest absolute Gasteiger partial charge is 0.224 e. The number of hydrogen-bond donors (Lipinski definition) is 2. The van der Waals surface area contributed by atoms with Crippen molar-refractivity contribution in [1.29, 1.82) is 0 Å². The van der Waals surface area contributed by atoms with E-state index in [0.717, 1.165) is 52.7 Å². The van der Waals surface area contributed by atoms with Crippen LogP contribution in [0.1, 0.15) is 31.2 Å². The van der Waals surface area contributed by atoms with Crippen molar-refractivity contribution in [2.24, 2.45) is 0 Å². The van der Waals surface area contributed by atoms with Crippen LogP contribution < -0.4 is 10.2 Å². The summed E-state index contributed by atoms with van der Waals surface area (Å²) >= 11 is 1.66. The molecule has 2 N–H and O–H groups in total. The molecule has 0 spiro atoms. The molecule has 146 valence electrons. The van der Waals surface area contributed by atoms with Crippen LogP contribution in [-0.2, 0) is 4.79 Å². The Morgan fingerprint density at radius 2 is 2.04 bits per heavy atom. The van der Waals surface area contributed by atoms with Gasteiger partial charge in [0, 0.05) is 36.6 Å². The summed E-state index contributed by atoms with van der Waals surface area (Å²) in [5.74, 6) is 0.933. The average Bonchev–Trinajstić information content (AvgIpc) is 3.36. The Labute approximate surface area is 169 Å². The third-order valence-electron chi connectivity index (χ3n) is 5.11. The molecule has 5 nitrogen and oxygen atoms in total. The number of H-pyrrole nitrogens is 1. The van der Waals surface area contributed by atoms with Crippen LogP contribution >= 0.6 is 11.8 Å². The Hall–Kier alpha value is -2.47. The molecule has 1 aromatic heterocycles. The SMILES string of the molecule is Cc1cc(N2CCCC2)ccc1NC(=O)CCCSc1nc2ccccc2[nH]1. The van der Waals surface area contributed by atoms with Crippen molar-refractivity contribution < 1.29 is 4.79 Å². The van der Waals surface area contributed by atoms with Gasteiger partial charge >= 0.3 is 0 Å². The quantitative estimate of drug-likeness (QED) is 0.438. The zero-order valence-corrected chi connectivity index (χ0v) is 17.0. The number of aryl methyl sites for hydroxylation is 1. The topological polar surface area (TPSA) is 61.0 Å². The molecule has 1 saturated heterocycles. The second-order valence-corrected chi connectivity index (χ2v) is 8.34. The lowest BCUT2D eigenvalue weighted by atomic mass is 10.1. The number of para-hydroxylation sites is 2. The maximum absolute atomic E-state index is 12.3. The summed E-state index contributed by atoms with van der Waals surface area (Å²) in [7, 11) is 0. The number of imidazole rings is 1. The van der Waals surface area contributed by atoms with Gasteiger partial charge in [-0.2, -0.15) is 0 Å². The highest BCUT2D eigenvalue weighted by molar-refractivity contribution is 7.99. The number of nitrogens with one attached hydrogen (secondary N) is 2. The number of aromatic nitrogens is 2. The van der Waals surface area contributed by atoms with E-state index in [1.165, 1.54) is 18.5 Å². The highest BCUT2D eigenvalue weighted by atomic mass is 32.2. The Bertz CT molecular complexity index is 929. The fourth-order valence-corrected chi connectivity index (χ4v) is 4.40. The number of hydrogen-bond acceptors (Lipinski definition) is 4. The van der Waals surface area contributed by atoms with Gasteiger partial charge in [0.25, 0.3) is 0 Å². The molecular weight excluding hydrogens is 368 g/mol. The number of anilines is 2. The van der Waals surface area contributed by atoms with Crippen LogP contribution in [0.25, 0.3) is 11.0 Å². The lowest BCUT2D eigenvalue weighted by Gasteiger charge is -2.19. The summed E-state index contributed by atoms with van der Waals surface area (Å²) in [5, 5.41) is 3.97. The van der Waals surface area contributed by atoms with E-state index < -0.39 is 0 Å². The van der Waals surface area contributed by atoms with Crippen LogP contribution in [0.15, 0.2) is 47.6 Å². The lowest BCUT2D eigenvalue weighted by Crippen LogP contribution is -2.18. The average molecular weight is 395 g/mol. The van der Waals surface area contributed by atoms with Crippen molar-refractivity contribution in [2.45, 2.75) is 37.8 Å². The van der Waals surface area contributed by atoms with E-state index in [2.05, 4.69) is 39.2 Å². The van der Waals surface area contributed by atoms with Crippen molar-refractivity contribution in [3.05, 3.63) is 48.0 Å². The molecule has 0 aliphatic carbocycles. The van der Waals surface area contributed by atoms with Gasteiger partial charge in [-0.3, -0.25) is 4.79 Å². The number of nitrogens with zero attached hydrogens (tertiary/aromatic N) is 2. The fourth-order valence-electron chi connectivity index (χ4n) is 3.57. The van der Waals surface area contributed by atoms with Crippen molar-refractivity contribution in [3.63, 3.8) is 0 Å². The Morgan fingerprint density at radius 3 is 2.82 bits per heavy atom. The largest absolute Gasteiger partial charge is 0.372 e. The molecule has 1 fully saturated rings. The van der Waals surface area contributed by atoms with Crippen molar-refractivity contribution in [2.75, 3.05) is 29.1 Å². The lowest BCUT2D eigenvalue weighted by molar-refractivity contribution is -0.116. The molecule has 1 aliphatic heterocycles. The number of benzene rings is 2. The van der Waals surface area contributed by atoms with Crippen LogP contribution in [0.4, 0.5) is 11.4 Å². The first kappa shape index (κ1) is 18.9. The van der Waals surface area contributed by atoms with E-state index in [1.807, 2.05) is 30.3 Å². The molecule has 0 radical (unpaired) electrons. The highest BCUT2D eigenvalue weighted by Crippen LogP contribution is 2.26. The van der Waals surface area contributed by atoms with Gasteiger partial charge in [0.1, 0.15) is 0 Å². The molecule has 0 bridgehead atoms. The van der Waals surface area contributed by atoms with Crippen LogP contribution in [0.2, 0.25) is 0 Å². The summed E-state index contributed by atoms with van der Waals surface area (Å²) in [4.78, 5) is 22.6. The number of thioether (sulfide) groups is 1. The summed E-state index contributed by atoms with van der Waals surface area (Å²) < 4.78 is 0. The Balaban J connectivity index is 1.24. The van der Waals surface area contributed by atoms with Gasteiger partial charge in [-0.15, -0.1) is 0 Å². The van der Waals surface area contributed by atoms with E-state index in [1.54, 1.807) is 11.8 Å². The molecule has 2 aromatic carbocycles. The molecule has 2 heterocycles. The monoisotopic (exact) mass is 394 g/mol. The molecule has 28 heavy (non-hydrogen) atoms. The molecular formula is C22H26N4OS. The summed E-state index contributed by atoms with van der Waals surface area (Å²) in [6.45, 7) is 4.33. The van der Waals surface area contributed by atoms with E-state index in [4.69, 9.17) is 0 Å². The summed E-state index contributed by atoms with van der Waals surface area (Å²) in [5.41, 5.74) is 5.33. The van der Waals surface area contributed by atoms with Crippen LogP contribution in [0, 0.1) is 6.92 Å². The van der Waals surface area contributed by atoms with Crippen LogP contribution in [0.3, 0.4) is 0 Å². The van der Waals surface area contributed by atoms with Gasteiger partial charge in [-0.1, -0.05) is 23.9 Å². The Kier molecular flexibility index (Phi) is 5.86. The second kappa shape index (κ2) is 8.69. The maximum atomic E-state index is 12.3. The van der Waals surface area contributed by atoms with Gasteiger partial charge in [-0.05, 0) is 62.1 Å². The zero-order chi connectivity index (χ0) is 19.3. The van der Waals surface area contributed by atoms with Crippen LogP contribution in [0.5, 0.6) is 0 Å². The van der Waals surface area contributed by atoms with Gasteiger partial charge in [0.05, 0.1) is 11.0 Å². The molecule has 4 rings (SSSR count). The minimum absolute atomic E-state index is 0.0715. The maximum Gasteiger partial charge on any atom is 0.224 e. The van der Waals surface area contributed by atoms with Crippen molar-refractivity contribution in [3.8, 4) is 0 Å². The van der Waals surface area contributed by atoms with Crippen molar-refractivity contribution >= 4 is 40.1 Å². The predicted molar refractivity (Wildman–Crippen MR) is 117 cm³/mol. The summed E-state index contributed by atoms with van der Waals surface area (Å²) in [6.07, 6.45) is 3.87. The minimum Gasteiger partial charge on any atom is -0.372 e. The first-order chi connectivity index (χ1) is 13.7. The van der Waals surface area contributed by atoms with E-state index in [-0.39, 0.29) is 5.91 Å². The third kappa shape index (κ3) is 4.50. The van der Waals surface area contributed by atoms with Gasteiger partial charge in [0.2, 0.25) is 5.91 Å². The normalized spacial score (nSPS) is 14.0. The van der Waals surface area contributed by atoms with Gasteiger partial charge in [-0.25, -0.2) is 4.98 Å². The number of carbonyl (C=O) groups excluding carboxylic acids is 1. The van der Waals surface area contributed by atoms with E-state index in [9.17, 15) is 4.79 Å². The number of aromatic amines is 1. The molecule has 3 aromatic rings.